The molecule has 0 spiro atoms. The summed E-state index contributed by atoms with van der Waals surface area (Å²) in [7, 11) is 0. The zero-order valence-corrected chi connectivity index (χ0v) is 36.5. The molecule has 10 aromatic rings. The quantitative estimate of drug-likeness (QED) is 0.155. The summed E-state index contributed by atoms with van der Waals surface area (Å²) in [6, 6.07) is 75.9. The Morgan fingerprint density at radius 3 is 1.72 bits per heavy atom. The van der Waals surface area contributed by atoms with E-state index in [0.29, 0.717) is 5.92 Å². The smallest absolute Gasteiger partial charge is 0.0547 e. The van der Waals surface area contributed by atoms with Crippen molar-refractivity contribution in [1.82, 2.24) is 4.57 Å². The van der Waals surface area contributed by atoms with Crippen LogP contribution in [0.3, 0.4) is 0 Å². The number of fused-ring (bicyclic) bond motifs is 7. The second-order valence-corrected chi connectivity index (χ2v) is 18.2. The van der Waals surface area contributed by atoms with Crippen LogP contribution in [0.25, 0.3) is 77.2 Å². The average molecular weight is 821 g/mol. The minimum Gasteiger partial charge on any atom is -0.310 e. The molecule has 0 amide bonds. The normalized spacial score (nSPS) is 15.2. The van der Waals surface area contributed by atoms with E-state index in [0.717, 1.165) is 17.8 Å². The topological polar surface area (TPSA) is 8.17 Å². The summed E-state index contributed by atoms with van der Waals surface area (Å²) in [6.07, 6.45) is 5.86. The van der Waals surface area contributed by atoms with E-state index >= 15 is 0 Å². The number of rotatable bonds is 7. The molecule has 0 bridgehead atoms. The fourth-order valence-corrected chi connectivity index (χ4v) is 10.7. The zero-order valence-electron chi connectivity index (χ0n) is 36.5. The predicted molar refractivity (Wildman–Crippen MR) is 272 cm³/mol. The van der Waals surface area contributed by atoms with E-state index in [1.165, 1.54) is 94.0 Å². The fraction of sp³-hybridized carbons (Fsp3) is 0.0968. The summed E-state index contributed by atoms with van der Waals surface area (Å²) >= 11 is 0. The Balaban J connectivity index is 0.894. The number of anilines is 3. The first-order chi connectivity index (χ1) is 31.4. The van der Waals surface area contributed by atoms with Crippen molar-refractivity contribution in [2.24, 2.45) is 5.92 Å². The van der Waals surface area contributed by atoms with E-state index in [9.17, 15) is 0 Å². The van der Waals surface area contributed by atoms with Gasteiger partial charge >= 0.3 is 0 Å². The summed E-state index contributed by atoms with van der Waals surface area (Å²) < 4.78 is 2.40. The summed E-state index contributed by atoms with van der Waals surface area (Å²) in [5.74, 6) is 0.561. The lowest BCUT2D eigenvalue weighted by atomic mass is 9.76. The molecule has 1 aromatic heterocycles. The van der Waals surface area contributed by atoms with Crippen LogP contribution in [0.2, 0.25) is 0 Å². The lowest BCUT2D eigenvalue weighted by Gasteiger charge is -2.30. The third-order valence-electron chi connectivity index (χ3n) is 14.0. The third-order valence-corrected chi connectivity index (χ3v) is 14.0. The lowest BCUT2D eigenvalue weighted by molar-refractivity contribution is 0.566. The second-order valence-electron chi connectivity index (χ2n) is 18.2. The summed E-state index contributed by atoms with van der Waals surface area (Å²) in [5.41, 5.74) is 20.0. The van der Waals surface area contributed by atoms with E-state index in [-0.39, 0.29) is 5.41 Å². The van der Waals surface area contributed by atoms with E-state index in [4.69, 9.17) is 0 Å². The van der Waals surface area contributed by atoms with Crippen LogP contribution in [0, 0.1) is 5.92 Å². The Hall–Kier alpha value is -7.68. The summed E-state index contributed by atoms with van der Waals surface area (Å²) in [6.45, 7) is 7.15. The first kappa shape index (κ1) is 38.0. The number of hydrogen-bond donors (Lipinski definition) is 0. The number of allylic oxidation sites excluding steroid dienone is 4. The van der Waals surface area contributed by atoms with E-state index in [1.807, 2.05) is 0 Å². The van der Waals surface area contributed by atoms with Crippen molar-refractivity contribution in [3.8, 4) is 39.1 Å². The van der Waals surface area contributed by atoms with Crippen molar-refractivity contribution >= 4 is 55.2 Å². The van der Waals surface area contributed by atoms with E-state index in [2.05, 4.69) is 249 Å². The van der Waals surface area contributed by atoms with Gasteiger partial charge in [-0.15, -0.1) is 0 Å². The maximum atomic E-state index is 2.45. The molecule has 0 saturated heterocycles. The average Bonchev–Trinajstić information content (AvgIpc) is 3.80. The molecule has 0 saturated carbocycles. The predicted octanol–water partition coefficient (Wildman–Crippen LogP) is 17.0. The van der Waals surface area contributed by atoms with Gasteiger partial charge in [-0.2, -0.15) is 0 Å². The van der Waals surface area contributed by atoms with Crippen LogP contribution in [0.1, 0.15) is 38.3 Å². The Morgan fingerprint density at radius 1 is 0.484 bits per heavy atom. The molecule has 1 heterocycles. The highest BCUT2D eigenvalue weighted by Crippen LogP contribution is 2.52. The van der Waals surface area contributed by atoms with Crippen molar-refractivity contribution in [3.05, 3.63) is 235 Å². The molecule has 2 nitrogen and oxygen atoms in total. The Labute approximate surface area is 375 Å². The van der Waals surface area contributed by atoms with Crippen LogP contribution >= 0.6 is 0 Å². The number of aromatic nitrogens is 1. The van der Waals surface area contributed by atoms with Gasteiger partial charge in [-0.3, -0.25) is 0 Å². The van der Waals surface area contributed by atoms with Crippen molar-refractivity contribution in [2.45, 2.75) is 32.6 Å². The Kier molecular flexibility index (Phi) is 8.91. The zero-order chi connectivity index (χ0) is 42.9. The standard InChI is InChI=1S/C62H48N2/c1-41-18-34-54-55-35-33-52(40-58(55)62(2,3)57(54)38-41)63(50-29-23-44(24-30-50)42-12-6-4-7-13-42)51-31-25-45(26-32-51)43-19-21-46(22-20-43)48-28-36-59-56(39-48)61-53-17-11-10-14-47(53)27-37-60(61)64(59)49-15-8-5-9-16-49/h4-37,39-41H,38H2,1-3H3. The van der Waals surface area contributed by atoms with Gasteiger partial charge < -0.3 is 9.47 Å². The van der Waals surface area contributed by atoms with Crippen LogP contribution in [0.15, 0.2) is 224 Å². The van der Waals surface area contributed by atoms with Crippen LogP contribution in [-0.2, 0) is 5.41 Å². The monoisotopic (exact) mass is 820 g/mol. The van der Waals surface area contributed by atoms with Crippen LogP contribution < -0.4 is 4.90 Å². The largest absolute Gasteiger partial charge is 0.310 e. The van der Waals surface area contributed by atoms with Gasteiger partial charge in [0, 0.05) is 38.9 Å². The third kappa shape index (κ3) is 6.24. The molecular formula is C62H48N2. The molecule has 2 aliphatic rings. The van der Waals surface area contributed by atoms with Crippen LogP contribution in [0.5, 0.6) is 0 Å². The maximum Gasteiger partial charge on any atom is 0.0547 e. The maximum absolute atomic E-state index is 2.45. The second kappa shape index (κ2) is 15.0. The van der Waals surface area contributed by atoms with Gasteiger partial charge in [0.25, 0.3) is 0 Å². The molecule has 0 radical (unpaired) electrons. The molecule has 2 aliphatic carbocycles. The highest BCUT2D eigenvalue weighted by Gasteiger charge is 2.39. The number of nitrogens with zero attached hydrogens (tertiary/aromatic N) is 2. The molecule has 12 rings (SSSR count). The Bertz CT molecular complexity index is 3460. The summed E-state index contributed by atoms with van der Waals surface area (Å²) in [5, 5.41) is 5.09. The van der Waals surface area contributed by atoms with Crippen molar-refractivity contribution in [2.75, 3.05) is 4.90 Å². The SMILES string of the molecule is CC1C=CC2=C(C1)C(C)(C)c1cc(N(c3ccc(-c4ccccc4)cc3)c3ccc(-c4ccc(-c5ccc6c(c5)c5c7ccccc7ccc5n6-c5ccccc5)cc4)cc3)ccc12. The highest BCUT2D eigenvalue weighted by molar-refractivity contribution is 6.22. The van der Waals surface area contributed by atoms with Gasteiger partial charge in [0.1, 0.15) is 0 Å². The van der Waals surface area contributed by atoms with Gasteiger partial charge in [-0.1, -0.05) is 178 Å². The molecule has 0 fully saturated rings. The first-order valence-electron chi connectivity index (χ1n) is 22.6. The molecule has 306 valence electrons. The Morgan fingerprint density at radius 2 is 1.03 bits per heavy atom. The number of para-hydroxylation sites is 1. The molecule has 0 N–H and O–H groups in total. The lowest BCUT2D eigenvalue weighted by Crippen LogP contribution is -2.20. The van der Waals surface area contributed by atoms with Crippen LogP contribution in [-0.4, -0.2) is 4.57 Å². The van der Waals surface area contributed by atoms with Gasteiger partial charge in [0.15, 0.2) is 0 Å². The minimum absolute atomic E-state index is 0.0280. The van der Waals surface area contributed by atoms with Crippen molar-refractivity contribution < 1.29 is 0 Å². The molecule has 0 aliphatic heterocycles. The number of benzene rings is 9. The molecule has 1 atom stereocenters. The molecule has 1 unspecified atom stereocenters. The van der Waals surface area contributed by atoms with Crippen LogP contribution in [0.4, 0.5) is 17.1 Å². The highest BCUT2D eigenvalue weighted by atomic mass is 15.1. The molecule has 9 aromatic carbocycles. The molecular weight excluding hydrogens is 773 g/mol. The van der Waals surface area contributed by atoms with E-state index in [1.54, 1.807) is 5.57 Å². The van der Waals surface area contributed by atoms with Gasteiger partial charge in [-0.25, -0.2) is 0 Å². The molecule has 2 heteroatoms. The van der Waals surface area contributed by atoms with Gasteiger partial charge in [-0.05, 0) is 140 Å². The fourth-order valence-electron chi connectivity index (χ4n) is 10.7. The number of hydrogen-bond acceptors (Lipinski definition) is 1. The van der Waals surface area contributed by atoms with Gasteiger partial charge in [0.05, 0.1) is 11.0 Å². The van der Waals surface area contributed by atoms with Gasteiger partial charge in [0.2, 0.25) is 0 Å². The minimum atomic E-state index is -0.0280. The molecule has 64 heavy (non-hydrogen) atoms. The first-order valence-corrected chi connectivity index (χ1v) is 22.6. The van der Waals surface area contributed by atoms with Crippen molar-refractivity contribution in [3.63, 3.8) is 0 Å². The van der Waals surface area contributed by atoms with Crippen molar-refractivity contribution in [1.29, 1.82) is 0 Å². The van der Waals surface area contributed by atoms with E-state index < -0.39 is 0 Å². The summed E-state index contributed by atoms with van der Waals surface area (Å²) in [4.78, 5) is 2.42.